The average Bonchev–Trinajstić information content (AvgIpc) is 2.63. The van der Waals surface area contributed by atoms with E-state index < -0.39 is 0 Å². The molecule has 2 atom stereocenters. The summed E-state index contributed by atoms with van der Waals surface area (Å²) < 4.78 is 1.90. The zero-order valence-electron chi connectivity index (χ0n) is 14.1. The fourth-order valence-electron chi connectivity index (χ4n) is 4.12. The van der Waals surface area contributed by atoms with Gasteiger partial charge in [-0.2, -0.15) is 11.8 Å². The number of hydrogen-bond donors (Lipinski definition) is 0. The third kappa shape index (κ3) is 2.97. The van der Waals surface area contributed by atoms with Gasteiger partial charge in [0.1, 0.15) is 6.33 Å². The molecule has 0 radical (unpaired) electrons. The van der Waals surface area contributed by atoms with Gasteiger partial charge in [-0.1, -0.05) is 0 Å². The Morgan fingerprint density at radius 2 is 2.04 bits per heavy atom. The Balaban J connectivity index is 1.77. The lowest BCUT2D eigenvalue weighted by Crippen LogP contribution is -2.49. The molecule has 6 nitrogen and oxygen atoms in total. The molecule has 2 aromatic rings. The zero-order valence-corrected chi connectivity index (χ0v) is 14.9. The maximum Gasteiger partial charge on any atom is 0.250 e. The van der Waals surface area contributed by atoms with E-state index in [0.29, 0.717) is 24.8 Å². The van der Waals surface area contributed by atoms with Crippen LogP contribution in [0, 0.1) is 5.92 Å². The zero-order chi connectivity index (χ0) is 17.4. The number of rotatable bonds is 3. The molecule has 4 rings (SSSR count). The molecule has 1 saturated heterocycles. The Kier molecular flexibility index (Phi) is 4.33. The lowest BCUT2D eigenvalue weighted by atomic mass is 9.80. The molecule has 0 saturated carbocycles. The van der Waals surface area contributed by atoms with E-state index in [0.717, 1.165) is 29.8 Å². The predicted molar refractivity (Wildman–Crippen MR) is 97.5 cm³/mol. The van der Waals surface area contributed by atoms with Crippen molar-refractivity contribution in [3.63, 3.8) is 0 Å². The van der Waals surface area contributed by atoms with Gasteiger partial charge in [-0.3, -0.25) is 9.59 Å². The Morgan fingerprint density at radius 1 is 1.24 bits per heavy atom. The molecule has 0 unspecified atom stereocenters. The number of carbonyl (C=O) groups excluding carboxylic acids is 1. The van der Waals surface area contributed by atoms with Gasteiger partial charge < -0.3 is 9.47 Å². The molecule has 7 heteroatoms. The van der Waals surface area contributed by atoms with Crippen molar-refractivity contribution in [1.29, 1.82) is 0 Å². The first-order chi connectivity index (χ1) is 12.2. The molecule has 130 valence electrons. The van der Waals surface area contributed by atoms with Gasteiger partial charge in [-0.05, 0) is 24.7 Å². The van der Waals surface area contributed by atoms with Crippen molar-refractivity contribution in [1.82, 2.24) is 19.4 Å². The molecule has 25 heavy (non-hydrogen) atoms. The van der Waals surface area contributed by atoms with E-state index in [2.05, 4.69) is 9.97 Å². The summed E-state index contributed by atoms with van der Waals surface area (Å²) in [5.41, 5.74) is 2.98. The van der Waals surface area contributed by atoms with E-state index in [-0.39, 0.29) is 17.4 Å². The maximum atomic E-state index is 12.4. The molecule has 2 aliphatic heterocycles. The second-order valence-electron chi connectivity index (χ2n) is 6.74. The minimum atomic E-state index is 0.0363. The van der Waals surface area contributed by atoms with Gasteiger partial charge in [-0.25, -0.2) is 9.97 Å². The number of piperidine rings is 1. The van der Waals surface area contributed by atoms with Gasteiger partial charge in [0, 0.05) is 60.8 Å². The molecular weight excluding hydrogens is 336 g/mol. The highest BCUT2D eigenvalue weighted by atomic mass is 32.2. The maximum absolute atomic E-state index is 12.4. The number of nitrogens with zero attached hydrogens (tertiary/aromatic N) is 4. The van der Waals surface area contributed by atoms with E-state index in [4.69, 9.17) is 0 Å². The number of pyridine rings is 1. The number of thioether (sulfide) groups is 1. The summed E-state index contributed by atoms with van der Waals surface area (Å²) in [6.07, 6.45) is 8.03. The summed E-state index contributed by atoms with van der Waals surface area (Å²) in [6.45, 7) is 2.11. The second kappa shape index (κ2) is 6.63. The summed E-state index contributed by atoms with van der Waals surface area (Å²) >= 11 is 1.56. The van der Waals surface area contributed by atoms with Crippen molar-refractivity contribution >= 4 is 17.7 Å². The highest BCUT2D eigenvalue weighted by Crippen LogP contribution is 2.39. The van der Waals surface area contributed by atoms with Crippen LogP contribution in [0.1, 0.15) is 18.0 Å². The summed E-state index contributed by atoms with van der Waals surface area (Å²) in [6, 6.07) is 3.50. The summed E-state index contributed by atoms with van der Waals surface area (Å²) in [7, 11) is 0. The van der Waals surface area contributed by atoms with Crippen molar-refractivity contribution in [2.45, 2.75) is 18.9 Å². The first-order valence-corrected chi connectivity index (χ1v) is 9.82. The Labute approximate surface area is 150 Å². The fourth-order valence-corrected chi connectivity index (χ4v) is 4.55. The number of fused-ring (bicyclic) bond motifs is 4. The molecule has 2 bridgehead atoms. The van der Waals surface area contributed by atoms with Crippen LogP contribution in [0.25, 0.3) is 11.1 Å². The average molecular weight is 356 g/mol. The number of hydrogen-bond acceptors (Lipinski definition) is 5. The first-order valence-electron chi connectivity index (χ1n) is 8.43. The summed E-state index contributed by atoms with van der Waals surface area (Å²) in [4.78, 5) is 35.0. The van der Waals surface area contributed by atoms with Crippen molar-refractivity contribution < 1.29 is 4.79 Å². The van der Waals surface area contributed by atoms with Gasteiger partial charge >= 0.3 is 0 Å². The normalized spacial score (nSPS) is 21.7. The predicted octanol–water partition coefficient (Wildman–Crippen LogP) is 1.61. The van der Waals surface area contributed by atoms with E-state index in [1.165, 1.54) is 6.33 Å². The van der Waals surface area contributed by atoms with Gasteiger partial charge in [-0.15, -0.1) is 0 Å². The van der Waals surface area contributed by atoms with Crippen LogP contribution < -0.4 is 5.56 Å². The van der Waals surface area contributed by atoms with Gasteiger partial charge in [0.2, 0.25) is 5.91 Å². The van der Waals surface area contributed by atoms with Crippen molar-refractivity contribution in [2.75, 3.05) is 25.1 Å². The Bertz CT molecular complexity index is 852. The standard InChI is InChI=1S/C18H20N4O2S/c1-25-10-17(24)21-7-12-4-13(9-21)18-15(14-5-19-11-20-6-14)2-3-16(23)22(18)8-12/h2-3,5-6,11-13H,4,7-10H2,1H3/t12-,13+/m0/s1. The molecule has 0 N–H and O–H groups in total. The Morgan fingerprint density at radius 3 is 2.80 bits per heavy atom. The highest BCUT2D eigenvalue weighted by molar-refractivity contribution is 7.99. The minimum absolute atomic E-state index is 0.0363. The van der Waals surface area contributed by atoms with Crippen LogP contribution >= 0.6 is 11.8 Å². The van der Waals surface area contributed by atoms with Crippen LogP contribution in [0.4, 0.5) is 0 Å². The molecular formula is C18H20N4O2S. The molecule has 2 aromatic heterocycles. The van der Waals surface area contributed by atoms with Crippen LogP contribution in [0.15, 0.2) is 35.6 Å². The Hall–Kier alpha value is -2.15. The van der Waals surface area contributed by atoms with Gasteiger partial charge in [0.05, 0.1) is 5.75 Å². The fraction of sp³-hybridized carbons (Fsp3) is 0.444. The van der Waals surface area contributed by atoms with Gasteiger partial charge in [0.25, 0.3) is 5.56 Å². The van der Waals surface area contributed by atoms with E-state index in [9.17, 15) is 9.59 Å². The van der Waals surface area contributed by atoms with Crippen LogP contribution in [0.3, 0.4) is 0 Å². The molecule has 0 spiro atoms. The highest BCUT2D eigenvalue weighted by Gasteiger charge is 2.37. The number of aromatic nitrogens is 3. The van der Waals surface area contributed by atoms with Crippen LogP contribution in [-0.2, 0) is 11.3 Å². The lowest BCUT2D eigenvalue weighted by Gasteiger charge is -2.43. The van der Waals surface area contributed by atoms with E-state index in [1.54, 1.807) is 30.2 Å². The van der Waals surface area contributed by atoms with Crippen LogP contribution in [-0.4, -0.2) is 50.4 Å². The molecule has 1 amide bonds. The number of carbonyl (C=O) groups is 1. The van der Waals surface area contributed by atoms with E-state index in [1.807, 2.05) is 21.8 Å². The molecule has 0 aliphatic carbocycles. The quantitative estimate of drug-likeness (QED) is 0.836. The van der Waals surface area contributed by atoms with Crippen molar-refractivity contribution in [3.8, 4) is 11.1 Å². The summed E-state index contributed by atoms with van der Waals surface area (Å²) in [5, 5.41) is 0. The first kappa shape index (κ1) is 16.3. The monoisotopic (exact) mass is 356 g/mol. The van der Waals surface area contributed by atoms with Crippen molar-refractivity contribution in [3.05, 3.63) is 46.9 Å². The third-order valence-corrected chi connectivity index (χ3v) is 5.62. The minimum Gasteiger partial charge on any atom is -0.341 e. The lowest BCUT2D eigenvalue weighted by molar-refractivity contribution is -0.131. The molecule has 0 aromatic carbocycles. The molecule has 1 fully saturated rings. The number of likely N-dealkylation sites (tertiary alicyclic amines) is 1. The smallest absolute Gasteiger partial charge is 0.250 e. The largest absolute Gasteiger partial charge is 0.341 e. The number of amides is 1. The van der Waals surface area contributed by atoms with E-state index >= 15 is 0 Å². The van der Waals surface area contributed by atoms with Crippen molar-refractivity contribution in [2.24, 2.45) is 5.92 Å². The molecule has 2 aliphatic rings. The topological polar surface area (TPSA) is 68.1 Å². The SMILES string of the molecule is CSCC(=O)N1C[C@@H]2C[C@H](C1)c1c(-c3cncnc3)ccc(=O)n1C2. The molecule has 4 heterocycles. The van der Waals surface area contributed by atoms with Crippen LogP contribution in [0.2, 0.25) is 0 Å². The summed E-state index contributed by atoms with van der Waals surface area (Å²) in [5.74, 6) is 1.23. The second-order valence-corrected chi connectivity index (χ2v) is 7.60. The van der Waals surface area contributed by atoms with Crippen LogP contribution in [0.5, 0.6) is 0 Å². The third-order valence-electron chi connectivity index (χ3n) is 5.08. The van der Waals surface area contributed by atoms with Gasteiger partial charge in [0.15, 0.2) is 0 Å².